The summed E-state index contributed by atoms with van der Waals surface area (Å²) >= 11 is 0. The number of amides is 2. The van der Waals surface area contributed by atoms with Crippen LogP contribution in [0.4, 0.5) is 5.69 Å². The van der Waals surface area contributed by atoms with E-state index in [1.54, 1.807) is 0 Å². The van der Waals surface area contributed by atoms with E-state index in [2.05, 4.69) is 48.1 Å². The monoisotopic (exact) mass is 343 g/mol. The smallest absolute Gasteiger partial charge is 0.234 e. The number of carbonyl (C=O) groups is 2. The molecule has 0 radical (unpaired) electrons. The summed E-state index contributed by atoms with van der Waals surface area (Å²) in [5.74, 6) is -0.522. The molecule has 2 fully saturated rings. The molecule has 2 saturated heterocycles. The molecule has 1 aromatic carbocycles. The van der Waals surface area contributed by atoms with Crippen LogP contribution in [-0.4, -0.2) is 48.9 Å². The Morgan fingerprint density at radius 3 is 2.28 bits per heavy atom. The Morgan fingerprint density at radius 2 is 1.72 bits per heavy atom. The van der Waals surface area contributed by atoms with E-state index in [9.17, 15) is 9.59 Å². The van der Waals surface area contributed by atoms with Gasteiger partial charge in [0, 0.05) is 37.3 Å². The molecule has 1 unspecified atom stereocenters. The number of rotatable bonds is 4. The maximum absolute atomic E-state index is 12.0. The number of hydrogen-bond donors (Lipinski definition) is 1. The molecule has 0 spiro atoms. The predicted octanol–water partition coefficient (Wildman–Crippen LogP) is 2.52. The summed E-state index contributed by atoms with van der Waals surface area (Å²) in [7, 11) is 2.22. The van der Waals surface area contributed by atoms with Gasteiger partial charge in [0.1, 0.15) is 0 Å². The van der Waals surface area contributed by atoms with Gasteiger partial charge in [0.15, 0.2) is 0 Å². The number of anilines is 1. The highest BCUT2D eigenvalue weighted by molar-refractivity contribution is 6.00. The fourth-order valence-corrected chi connectivity index (χ4v) is 3.88. The lowest BCUT2D eigenvalue weighted by Crippen LogP contribution is -2.45. The SMILES string of the molecule is CC(C)N(C)C1CCN(c2ccc(C3CCC(=O)NC3=O)cc2)CC1. The molecule has 0 saturated carbocycles. The molecule has 1 N–H and O–H groups in total. The molecule has 0 aliphatic carbocycles. The van der Waals surface area contributed by atoms with Crippen LogP contribution in [0.5, 0.6) is 0 Å². The van der Waals surface area contributed by atoms with Crippen LogP contribution < -0.4 is 10.2 Å². The van der Waals surface area contributed by atoms with Crippen LogP contribution in [0.25, 0.3) is 0 Å². The highest BCUT2D eigenvalue weighted by Crippen LogP contribution is 2.28. The molecule has 1 aromatic rings. The van der Waals surface area contributed by atoms with E-state index in [-0.39, 0.29) is 17.7 Å². The van der Waals surface area contributed by atoms with E-state index in [0.29, 0.717) is 24.9 Å². The van der Waals surface area contributed by atoms with Gasteiger partial charge < -0.3 is 9.80 Å². The Kier molecular flexibility index (Phi) is 5.42. The van der Waals surface area contributed by atoms with Gasteiger partial charge in [-0.15, -0.1) is 0 Å². The first-order chi connectivity index (χ1) is 12.0. The quantitative estimate of drug-likeness (QED) is 0.854. The minimum Gasteiger partial charge on any atom is -0.371 e. The van der Waals surface area contributed by atoms with Gasteiger partial charge in [-0.05, 0) is 57.9 Å². The van der Waals surface area contributed by atoms with Crippen molar-refractivity contribution in [1.82, 2.24) is 10.2 Å². The van der Waals surface area contributed by atoms with Crippen molar-refractivity contribution in [2.24, 2.45) is 0 Å². The van der Waals surface area contributed by atoms with Gasteiger partial charge in [-0.2, -0.15) is 0 Å². The molecule has 25 heavy (non-hydrogen) atoms. The minimum absolute atomic E-state index is 0.160. The van der Waals surface area contributed by atoms with Crippen molar-refractivity contribution in [3.05, 3.63) is 29.8 Å². The van der Waals surface area contributed by atoms with E-state index in [1.165, 1.54) is 18.5 Å². The third kappa shape index (κ3) is 4.03. The fraction of sp³-hybridized carbons (Fsp3) is 0.600. The van der Waals surface area contributed by atoms with Crippen LogP contribution in [0.2, 0.25) is 0 Å². The summed E-state index contributed by atoms with van der Waals surface area (Å²) in [5, 5.41) is 2.44. The highest BCUT2D eigenvalue weighted by atomic mass is 16.2. The third-order valence-corrected chi connectivity index (χ3v) is 5.75. The summed E-state index contributed by atoms with van der Waals surface area (Å²) in [5.41, 5.74) is 2.23. The van der Waals surface area contributed by atoms with Crippen LogP contribution >= 0.6 is 0 Å². The van der Waals surface area contributed by atoms with Crippen LogP contribution in [-0.2, 0) is 9.59 Å². The zero-order valence-electron chi connectivity index (χ0n) is 15.5. The van der Waals surface area contributed by atoms with Gasteiger partial charge in [0.25, 0.3) is 0 Å². The molecular weight excluding hydrogens is 314 g/mol. The lowest BCUT2D eigenvalue weighted by molar-refractivity contribution is -0.134. The number of piperidine rings is 2. The normalized spacial score (nSPS) is 22.6. The summed E-state index contributed by atoms with van der Waals surface area (Å²) in [6.07, 6.45) is 3.40. The van der Waals surface area contributed by atoms with Crippen molar-refractivity contribution in [1.29, 1.82) is 0 Å². The fourth-order valence-electron chi connectivity index (χ4n) is 3.88. The largest absolute Gasteiger partial charge is 0.371 e. The summed E-state index contributed by atoms with van der Waals surface area (Å²) in [4.78, 5) is 28.2. The van der Waals surface area contributed by atoms with Gasteiger partial charge in [0.2, 0.25) is 11.8 Å². The number of imide groups is 1. The molecular formula is C20H29N3O2. The molecule has 0 bridgehead atoms. The van der Waals surface area contributed by atoms with Crippen molar-refractivity contribution in [3.8, 4) is 0 Å². The number of hydrogen-bond acceptors (Lipinski definition) is 4. The van der Waals surface area contributed by atoms with Gasteiger partial charge >= 0.3 is 0 Å². The molecule has 2 amide bonds. The Morgan fingerprint density at radius 1 is 1.08 bits per heavy atom. The van der Waals surface area contributed by atoms with E-state index in [0.717, 1.165) is 18.7 Å². The Labute approximate surface area is 150 Å². The Bertz CT molecular complexity index is 618. The van der Waals surface area contributed by atoms with Gasteiger partial charge in [-0.1, -0.05) is 12.1 Å². The van der Waals surface area contributed by atoms with Gasteiger partial charge in [-0.3, -0.25) is 14.9 Å². The van der Waals surface area contributed by atoms with E-state index in [1.807, 2.05) is 12.1 Å². The summed E-state index contributed by atoms with van der Waals surface area (Å²) in [6, 6.07) is 9.57. The standard InChI is InChI=1S/C20H29N3O2/c1-14(2)22(3)16-10-12-23(13-11-16)17-6-4-15(5-7-17)18-8-9-19(24)21-20(18)25/h4-7,14,16,18H,8-13H2,1-3H3,(H,21,24,25). The van der Waals surface area contributed by atoms with Crippen LogP contribution in [0.15, 0.2) is 24.3 Å². The lowest BCUT2D eigenvalue weighted by atomic mass is 9.90. The van der Waals surface area contributed by atoms with Gasteiger partial charge in [0.05, 0.1) is 5.92 Å². The first-order valence-corrected chi connectivity index (χ1v) is 9.36. The predicted molar refractivity (Wildman–Crippen MR) is 99.7 cm³/mol. The van der Waals surface area contributed by atoms with E-state index >= 15 is 0 Å². The van der Waals surface area contributed by atoms with Gasteiger partial charge in [-0.25, -0.2) is 0 Å². The molecule has 0 aromatic heterocycles. The van der Waals surface area contributed by atoms with Crippen molar-refractivity contribution in [2.75, 3.05) is 25.0 Å². The van der Waals surface area contributed by atoms with Crippen LogP contribution in [0, 0.1) is 0 Å². The average Bonchev–Trinajstić information content (AvgIpc) is 2.61. The minimum atomic E-state index is -0.197. The molecule has 136 valence electrons. The molecule has 2 aliphatic heterocycles. The number of nitrogens with one attached hydrogen (secondary N) is 1. The van der Waals surface area contributed by atoms with Crippen molar-refractivity contribution in [3.63, 3.8) is 0 Å². The summed E-state index contributed by atoms with van der Waals surface area (Å²) < 4.78 is 0. The topological polar surface area (TPSA) is 52.6 Å². The van der Waals surface area contributed by atoms with Crippen LogP contribution in [0.3, 0.4) is 0 Å². The van der Waals surface area contributed by atoms with Crippen molar-refractivity contribution >= 4 is 17.5 Å². The first-order valence-electron chi connectivity index (χ1n) is 9.36. The summed E-state index contributed by atoms with van der Waals surface area (Å²) in [6.45, 7) is 6.64. The second-order valence-corrected chi connectivity index (χ2v) is 7.57. The first kappa shape index (κ1) is 17.9. The molecule has 1 atom stereocenters. The van der Waals surface area contributed by atoms with Crippen LogP contribution in [0.1, 0.15) is 51.0 Å². The Hall–Kier alpha value is -1.88. The molecule has 3 rings (SSSR count). The molecule has 5 heteroatoms. The zero-order valence-corrected chi connectivity index (χ0v) is 15.5. The maximum atomic E-state index is 12.0. The number of carbonyl (C=O) groups excluding carboxylic acids is 2. The number of benzene rings is 1. The van der Waals surface area contributed by atoms with E-state index < -0.39 is 0 Å². The van der Waals surface area contributed by atoms with Crippen molar-refractivity contribution < 1.29 is 9.59 Å². The molecule has 2 aliphatic rings. The molecule has 2 heterocycles. The number of nitrogens with zero attached hydrogens (tertiary/aromatic N) is 2. The highest BCUT2D eigenvalue weighted by Gasteiger charge is 2.28. The average molecular weight is 343 g/mol. The van der Waals surface area contributed by atoms with E-state index in [4.69, 9.17) is 0 Å². The third-order valence-electron chi connectivity index (χ3n) is 5.75. The Balaban J connectivity index is 1.60. The second-order valence-electron chi connectivity index (χ2n) is 7.57. The molecule has 5 nitrogen and oxygen atoms in total. The zero-order chi connectivity index (χ0) is 18.0. The maximum Gasteiger partial charge on any atom is 0.234 e. The second kappa shape index (κ2) is 7.56. The lowest BCUT2D eigenvalue weighted by Gasteiger charge is -2.39. The van der Waals surface area contributed by atoms with Crippen molar-refractivity contribution in [2.45, 2.75) is 57.5 Å².